The van der Waals surface area contributed by atoms with Gasteiger partial charge >= 0.3 is 0 Å². The van der Waals surface area contributed by atoms with E-state index in [9.17, 15) is 15.3 Å². The number of anilines is 1. The number of hydrogen-bond acceptors (Lipinski definition) is 8. The lowest BCUT2D eigenvalue weighted by Crippen LogP contribution is -2.33. The van der Waals surface area contributed by atoms with Gasteiger partial charge in [-0.1, -0.05) is 12.8 Å². The molecule has 2 aromatic rings. The van der Waals surface area contributed by atoms with Gasteiger partial charge in [-0.3, -0.25) is 0 Å². The van der Waals surface area contributed by atoms with Crippen molar-refractivity contribution in [3.8, 4) is 0 Å². The lowest BCUT2D eigenvalue weighted by Gasteiger charge is -2.16. The fraction of sp³-hybridized carbons (Fsp3) is 0.667. The zero-order valence-electron chi connectivity index (χ0n) is 13.1. The summed E-state index contributed by atoms with van der Waals surface area (Å²) in [5.74, 6) is 0.713. The number of aliphatic hydroxyl groups is 3. The molecule has 0 spiro atoms. The van der Waals surface area contributed by atoms with Gasteiger partial charge in [-0.05, 0) is 12.8 Å². The molecule has 4 N–H and O–H groups in total. The number of nitrogens with one attached hydrogen (secondary N) is 1. The van der Waals surface area contributed by atoms with Crippen LogP contribution in [-0.4, -0.2) is 66.0 Å². The molecule has 24 heavy (non-hydrogen) atoms. The minimum atomic E-state index is -1.19. The van der Waals surface area contributed by atoms with Crippen molar-refractivity contribution < 1.29 is 20.1 Å². The van der Waals surface area contributed by atoms with Crippen LogP contribution in [0.1, 0.15) is 31.9 Å². The van der Waals surface area contributed by atoms with Crippen LogP contribution in [0.25, 0.3) is 11.0 Å². The third-order valence-electron chi connectivity index (χ3n) is 4.85. The van der Waals surface area contributed by atoms with Crippen LogP contribution in [0.2, 0.25) is 0 Å². The van der Waals surface area contributed by atoms with Gasteiger partial charge in [0.25, 0.3) is 0 Å². The largest absolute Gasteiger partial charge is 0.394 e. The van der Waals surface area contributed by atoms with Crippen molar-refractivity contribution in [3.63, 3.8) is 0 Å². The molecule has 4 atom stereocenters. The van der Waals surface area contributed by atoms with Crippen molar-refractivity contribution in [1.82, 2.24) is 19.7 Å². The summed E-state index contributed by atoms with van der Waals surface area (Å²) in [5, 5.41) is 37.8. The lowest BCUT2D eigenvalue weighted by atomic mass is 10.1. The topological polar surface area (TPSA) is 126 Å². The number of aromatic nitrogens is 4. The minimum Gasteiger partial charge on any atom is -0.394 e. The molecule has 1 aliphatic carbocycles. The first-order valence-electron chi connectivity index (χ1n) is 8.26. The Labute approximate surface area is 138 Å². The minimum absolute atomic E-state index is 0.378. The number of fused-ring (bicyclic) bond motifs is 1. The normalized spacial score (nSPS) is 31.1. The molecule has 0 radical (unpaired) electrons. The van der Waals surface area contributed by atoms with E-state index in [-0.39, 0.29) is 6.61 Å². The summed E-state index contributed by atoms with van der Waals surface area (Å²) in [6.07, 6.45) is 3.64. The van der Waals surface area contributed by atoms with Crippen LogP contribution in [0.4, 0.5) is 5.82 Å². The molecule has 3 heterocycles. The van der Waals surface area contributed by atoms with Crippen LogP contribution in [0.15, 0.2) is 12.5 Å². The summed E-state index contributed by atoms with van der Waals surface area (Å²) >= 11 is 0. The van der Waals surface area contributed by atoms with Crippen molar-refractivity contribution in [3.05, 3.63) is 12.5 Å². The molecule has 0 bridgehead atoms. The summed E-state index contributed by atoms with van der Waals surface area (Å²) in [6.45, 7) is -0.378. The number of hydrogen-bond donors (Lipinski definition) is 4. The van der Waals surface area contributed by atoms with E-state index < -0.39 is 24.5 Å². The van der Waals surface area contributed by atoms with Crippen molar-refractivity contribution in [2.45, 2.75) is 56.3 Å². The monoisotopic (exact) mass is 335 g/mol. The summed E-state index contributed by atoms with van der Waals surface area (Å²) in [7, 11) is 0. The van der Waals surface area contributed by atoms with E-state index in [1.807, 2.05) is 0 Å². The molecule has 1 saturated carbocycles. The fourth-order valence-corrected chi connectivity index (χ4v) is 3.51. The predicted octanol–water partition coefficient (Wildman–Crippen LogP) is -0.208. The standard InChI is InChI=1S/C15H21N5O4/c21-6-10-11(22)12(23)15(24-10)20-14-9(5-18-20)13(16-7-17-14)19-8-3-1-2-4-8/h5,7-8,10-12,15,21-23H,1-4,6H2,(H,16,17,19). The zero-order chi connectivity index (χ0) is 16.7. The van der Waals surface area contributed by atoms with Gasteiger partial charge in [-0.15, -0.1) is 0 Å². The number of nitrogens with zero attached hydrogens (tertiary/aromatic N) is 4. The third-order valence-corrected chi connectivity index (χ3v) is 4.85. The first-order chi connectivity index (χ1) is 11.7. The molecule has 0 amide bonds. The second-order valence-corrected chi connectivity index (χ2v) is 6.40. The van der Waals surface area contributed by atoms with Crippen molar-refractivity contribution >= 4 is 16.9 Å². The van der Waals surface area contributed by atoms with Gasteiger partial charge in [-0.2, -0.15) is 5.10 Å². The first kappa shape index (κ1) is 15.7. The van der Waals surface area contributed by atoms with Gasteiger partial charge < -0.3 is 25.4 Å². The van der Waals surface area contributed by atoms with Crippen molar-refractivity contribution in [1.29, 1.82) is 0 Å². The Bertz CT molecular complexity index is 717. The lowest BCUT2D eigenvalue weighted by molar-refractivity contribution is -0.0566. The van der Waals surface area contributed by atoms with E-state index in [0.29, 0.717) is 17.5 Å². The Balaban J connectivity index is 1.65. The highest BCUT2D eigenvalue weighted by Gasteiger charge is 2.44. The van der Waals surface area contributed by atoms with E-state index >= 15 is 0 Å². The first-order valence-corrected chi connectivity index (χ1v) is 8.26. The second-order valence-electron chi connectivity index (χ2n) is 6.40. The maximum atomic E-state index is 10.2. The van der Waals surface area contributed by atoms with Crippen molar-refractivity contribution in [2.24, 2.45) is 0 Å². The molecule has 9 heteroatoms. The van der Waals surface area contributed by atoms with Crippen LogP contribution in [0.5, 0.6) is 0 Å². The molecule has 4 unspecified atom stereocenters. The van der Waals surface area contributed by atoms with E-state index in [1.165, 1.54) is 23.9 Å². The van der Waals surface area contributed by atoms with Gasteiger partial charge in [0, 0.05) is 6.04 Å². The molecule has 2 aliphatic rings. The second kappa shape index (κ2) is 6.25. The van der Waals surface area contributed by atoms with Gasteiger partial charge in [0.2, 0.25) is 0 Å². The van der Waals surface area contributed by atoms with Crippen LogP contribution >= 0.6 is 0 Å². The predicted molar refractivity (Wildman–Crippen MR) is 84.2 cm³/mol. The van der Waals surface area contributed by atoms with Crippen molar-refractivity contribution in [2.75, 3.05) is 11.9 Å². The Morgan fingerprint density at radius 2 is 2.00 bits per heavy atom. The summed E-state index contributed by atoms with van der Waals surface area (Å²) < 4.78 is 6.96. The molecule has 9 nitrogen and oxygen atoms in total. The van der Waals surface area contributed by atoms with Gasteiger partial charge in [0.1, 0.15) is 30.5 Å². The molecule has 2 fully saturated rings. The molecule has 4 rings (SSSR count). The SMILES string of the molecule is OCC1OC(n2ncc3c(NC4CCCC4)ncnc32)C(O)C1O. The van der Waals surface area contributed by atoms with E-state index in [0.717, 1.165) is 18.2 Å². The molecule has 1 aliphatic heterocycles. The van der Waals surface area contributed by atoms with E-state index in [4.69, 9.17) is 4.74 Å². The number of ether oxygens (including phenoxy) is 1. The molecular formula is C15H21N5O4. The smallest absolute Gasteiger partial charge is 0.181 e. The maximum absolute atomic E-state index is 10.2. The van der Waals surface area contributed by atoms with Gasteiger partial charge in [0.15, 0.2) is 11.9 Å². The maximum Gasteiger partial charge on any atom is 0.181 e. The highest BCUT2D eigenvalue weighted by atomic mass is 16.6. The molecule has 0 aromatic carbocycles. The van der Waals surface area contributed by atoms with Gasteiger partial charge in [0.05, 0.1) is 18.2 Å². The Hall–Kier alpha value is -1.81. The zero-order valence-corrected chi connectivity index (χ0v) is 13.1. The Kier molecular flexibility index (Phi) is 4.09. The summed E-state index contributed by atoms with van der Waals surface area (Å²) in [4.78, 5) is 8.55. The highest BCUT2D eigenvalue weighted by Crippen LogP contribution is 2.32. The molecule has 1 saturated heterocycles. The highest BCUT2D eigenvalue weighted by molar-refractivity contribution is 5.86. The van der Waals surface area contributed by atoms with Crippen LogP contribution in [-0.2, 0) is 4.74 Å². The van der Waals surface area contributed by atoms with Crippen LogP contribution in [0.3, 0.4) is 0 Å². The van der Waals surface area contributed by atoms with Gasteiger partial charge in [-0.25, -0.2) is 14.6 Å². The summed E-state index contributed by atoms with van der Waals surface area (Å²) in [6, 6.07) is 0.403. The Morgan fingerprint density at radius 1 is 1.21 bits per heavy atom. The molecular weight excluding hydrogens is 314 g/mol. The number of rotatable bonds is 4. The fourth-order valence-electron chi connectivity index (χ4n) is 3.51. The van der Waals surface area contributed by atoms with Crippen LogP contribution in [0, 0.1) is 0 Å². The average molecular weight is 335 g/mol. The van der Waals surface area contributed by atoms with Crippen LogP contribution < -0.4 is 5.32 Å². The Morgan fingerprint density at radius 3 is 2.71 bits per heavy atom. The van der Waals surface area contributed by atoms with E-state index in [2.05, 4.69) is 20.4 Å². The molecule has 2 aromatic heterocycles. The quantitative estimate of drug-likeness (QED) is 0.605. The number of aliphatic hydroxyl groups excluding tert-OH is 3. The molecule has 130 valence electrons. The van der Waals surface area contributed by atoms with E-state index in [1.54, 1.807) is 6.20 Å². The average Bonchev–Trinajstić information content (AvgIpc) is 3.30. The third kappa shape index (κ3) is 2.53. The summed E-state index contributed by atoms with van der Waals surface area (Å²) in [5.41, 5.74) is 0.514.